The van der Waals surface area contributed by atoms with Crippen molar-refractivity contribution in [3.8, 4) is 0 Å². The normalized spacial score (nSPS) is 23.1. The molecule has 1 aromatic rings. The van der Waals surface area contributed by atoms with E-state index in [4.69, 9.17) is 11.5 Å². The number of carbonyl (C=O) groups is 2. The van der Waals surface area contributed by atoms with Gasteiger partial charge in [0.15, 0.2) is 0 Å². The van der Waals surface area contributed by atoms with E-state index in [0.717, 1.165) is 44.8 Å². The Morgan fingerprint density at radius 3 is 2.52 bits per heavy atom. The summed E-state index contributed by atoms with van der Waals surface area (Å²) in [5.41, 5.74) is 14.1. The van der Waals surface area contributed by atoms with E-state index >= 15 is 0 Å². The predicted molar refractivity (Wildman–Crippen MR) is 135 cm³/mol. The highest BCUT2D eigenvalue weighted by Crippen LogP contribution is 2.33. The number of benzene rings is 1. The van der Waals surface area contributed by atoms with Gasteiger partial charge >= 0.3 is 0 Å². The first-order valence-electron chi connectivity index (χ1n) is 11.7. The number of nitrogens with one attached hydrogen (secondary N) is 1. The number of carbonyl (C=O) groups excluding carboxylic acids is 2. The second-order valence-electron chi connectivity index (χ2n) is 8.86. The summed E-state index contributed by atoms with van der Waals surface area (Å²) in [6.07, 6.45) is 1.04. The molecule has 1 aromatic carbocycles. The summed E-state index contributed by atoms with van der Waals surface area (Å²) < 4.78 is 0. The molecule has 2 fully saturated rings. The van der Waals surface area contributed by atoms with Crippen molar-refractivity contribution in [1.29, 1.82) is 0 Å². The Morgan fingerprint density at radius 2 is 1.91 bits per heavy atom. The first-order valence-corrected chi connectivity index (χ1v) is 12.7. The fraction of sp³-hybridized carbons (Fsp3) is 0.652. The number of likely N-dealkylation sites (N-methyl/N-ethyl adjacent to an activating group) is 3. The molecule has 0 bridgehead atoms. The first-order chi connectivity index (χ1) is 15.8. The van der Waals surface area contributed by atoms with Gasteiger partial charge in [-0.3, -0.25) is 9.59 Å². The molecule has 0 aromatic heterocycles. The number of anilines is 1. The van der Waals surface area contributed by atoms with Gasteiger partial charge in [-0.15, -0.1) is 11.8 Å². The van der Waals surface area contributed by atoms with Gasteiger partial charge in [0.1, 0.15) is 16.7 Å². The minimum absolute atomic E-state index is 0.0162. The highest BCUT2D eigenvalue weighted by molar-refractivity contribution is 8.01. The maximum Gasteiger partial charge on any atom is 0.243 e. The van der Waals surface area contributed by atoms with Crippen LogP contribution < -0.4 is 16.8 Å². The predicted octanol–water partition coefficient (Wildman–Crippen LogP) is -0.120. The zero-order valence-electron chi connectivity index (χ0n) is 20.1. The molecular weight excluding hydrogens is 438 g/mol. The molecule has 0 aliphatic carbocycles. The molecule has 2 aliphatic heterocycles. The van der Waals surface area contributed by atoms with Gasteiger partial charge in [0.25, 0.3) is 0 Å². The molecule has 10 heteroatoms. The topological polar surface area (TPSA) is 111 Å². The van der Waals surface area contributed by atoms with Crippen LogP contribution >= 0.6 is 11.8 Å². The van der Waals surface area contributed by atoms with Crippen LogP contribution in [0.25, 0.3) is 0 Å². The minimum Gasteiger partial charge on any atom is -0.383 e. The van der Waals surface area contributed by atoms with E-state index in [2.05, 4.69) is 46.4 Å². The summed E-state index contributed by atoms with van der Waals surface area (Å²) in [5, 5.41) is 2.72. The minimum atomic E-state index is -0.794. The monoisotopic (exact) mass is 477 g/mol. The lowest BCUT2D eigenvalue weighted by atomic mass is 10.1. The summed E-state index contributed by atoms with van der Waals surface area (Å²) in [4.78, 5) is 33.3. The first kappa shape index (κ1) is 25.8. The Hall–Kier alpha value is -1.85. The third-order valence-electron chi connectivity index (χ3n) is 6.51. The number of piperazine rings is 1. The van der Waals surface area contributed by atoms with E-state index in [1.807, 2.05) is 6.92 Å². The average molecular weight is 478 g/mol. The SMILES string of the molecule is CCN1C(=O)[C@@H](CNc2ccc(CCN3CCN(C)CC3)cc2)SC1[C@H](N)C(=O)N(C)CN. The quantitative estimate of drug-likeness (QED) is 0.400. The highest BCUT2D eigenvalue weighted by atomic mass is 32.2. The van der Waals surface area contributed by atoms with Crippen LogP contribution in [0, 0.1) is 0 Å². The van der Waals surface area contributed by atoms with Gasteiger partial charge < -0.3 is 36.4 Å². The van der Waals surface area contributed by atoms with E-state index in [1.54, 1.807) is 11.9 Å². The average Bonchev–Trinajstić information content (AvgIpc) is 3.16. The fourth-order valence-electron chi connectivity index (χ4n) is 4.18. The van der Waals surface area contributed by atoms with E-state index in [-0.39, 0.29) is 29.1 Å². The van der Waals surface area contributed by atoms with Gasteiger partial charge in [0.05, 0.1) is 6.67 Å². The fourth-order valence-corrected chi connectivity index (χ4v) is 5.64. The maximum atomic E-state index is 12.9. The molecule has 1 unspecified atom stereocenters. The number of nitrogens with zero attached hydrogens (tertiary/aromatic N) is 4. The van der Waals surface area contributed by atoms with Gasteiger partial charge in [0, 0.05) is 58.5 Å². The van der Waals surface area contributed by atoms with Crippen molar-refractivity contribution in [2.75, 3.05) is 71.9 Å². The number of amides is 2. The Kier molecular flexibility index (Phi) is 9.39. The summed E-state index contributed by atoms with van der Waals surface area (Å²) >= 11 is 1.45. The number of hydrogen-bond acceptors (Lipinski definition) is 8. The Morgan fingerprint density at radius 1 is 1.24 bits per heavy atom. The number of hydrogen-bond donors (Lipinski definition) is 3. The summed E-state index contributed by atoms with van der Waals surface area (Å²) in [6.45, 7) is 8.65. The zero-order chi connectivity index (χ0) is 24.0. The van der Waals surface area contributed by atoms with Crippen LogP contribution in [-0.4, -0.2) is 115 Å². The second kappa shape index (κ2) is 12.0. The van der Waals surface area contributed by atoms with Crippen molar-refractivity contribution in [3.63, 3.8) is 0 Å². The molecule has 5 N–H and O–H groups in total. The van der Waals surface area contributed by atoms with Crippen LogP contribution in [0.1, 0.15) is 12.5 Å². The summed E-state index contributed by atoms with van der Waals surface area (Å²) in [6, 6.07) is 7.66. The van der Waals surface area contributed by atoms with Crippen LogP contribution in [0.2, 0.25) is 0 Å². The van der Waals surface area contributed by atoms with Gasteiger partial charge in [-0.1, -0.05) is 12.1 Å². The van der Waals surface area contributed by atoms with Gasteiger partial charge in [-0.2, -0.15) is 0 Å². The van der Waals surface area contributed by atoms with E-state index in [9.17, 15) is 9.59 Å². The van der Waals surface area contributed by atoms with Crippen LogP contribution in [-0.2, 0) is 16.0 Å². The molecular formula is C23H39N7O2S. The second-order valence-corrected chi connectivity index (χ2v) is 10.2. The van der Waals surface area contributed by atoms with Gasteiger partial charge in [-0.05, 0) is 38.1 Å². The van der Waals surface area contributed by atoms with Crippen LogP contribution in [0.15, 0.2) is 24.3 Å². The lowest BCUT2D eigenvalue weighted by Gasteiger charge is -2.32. The molecule has 2 amide bonds. The molecule has 0 saturated carbocycles. The number of rotatable bonds is 10. The van der Waals surface area contributed by atoms with Crippen LogP contribution in [0.3, 0.4) is 0 Å². The molecule has 184 valence electrons. The van der Waals surface area contributed by atoms with E-state index in [1.165, 1.54) is 22.2 Å². The summed E-state index contributed by atoms with van der Waals surface area (Å²) in [7, 11) is 3.79. The molecule has 3 rings (SSSR count). The van der Waals surface area contributed by atoms with Crippen molar-refractivity contribution < 1.29 is 9.59 Å². The molecule has 0 spiro atoms. The largest absolute Gasteiger partial charge is 0.383 e. The smallest absolute Gasteiger partial charge is 0.243 e. The molecule has 2 aliphatic rings. The lowest BCUT2D eigenvalue weighted by Crippen LogP contribution is -2.53. The summed E-state index contributed by atoms with van der Waals surface area (Å²) in [5.74, 6) is -0.232. The Balaban J connectivity index is 1.49. The van der Waals surface area contributed by atoms with Crippen LogP contribution in [0.5, 0.6) is 0 Å². The Labute approximate surface area is 201 Å². The molecule has 2 saturated heterocycles. The van der Waals surface area contributed by atoms with Crippen molar-refractivity contribution in [3.05, 3.63) is 29.8 Å². The number of thioether (sulfide) groups is 1. The van der Waals surface area contributed by atoms with Crippen molar-refractivity contribution in [2.45, 2.75) is 30.0 Å². The van der Waals surface area contributed by atoms with E-state index < -0.39 is 6.04 Å². The lowest BCUT2D eigenvalue weighted by molar-refractivity contribution is -0.134. The molecule has 9 nitrogen and oxygen atoms in total. The van der Waals surface area contributed by atoms with Gasteiger partial charge in [-0.25, -0.2) is 0 Å². The highest BCUT2D eigenvalue weighted by Gasteiger charge is 2.44. The number of nitrogens with two attached hydrogens (primary N) is 2. The van der Waals surface area contributed by atoms with Crippen molar-refractivity contribution in [2.24, 2.45) is 11.5 Å². The molecule has 2 heterocycles. The van der Waals surface area contributed by atoms with E-state index in [0.29, 0.717) is 13.1 Å². The van der Waals surface area contributed by atoms with Crippen LogP contribution in [0.4, 0.5) is 5.69 Å². The molecule has 33 heavy (non-hydrogen) atoms. The third-order valence-corrected chi connectivity index (χ3v) is 8.03. The standard InChI is InChI=1S/C23H39N7O2S/c1-4-30-21(31)19(33-23(30)20(25)22(32)28(3)16-24)15-26-18-7-5-17(6-8-18)9-10-29-13-11-27(2)12-14-29/h5-8,19-20,23,26H,4,9-16,24-25H2,1-3H3/t19-,20-,23?/m1/s1. The van der Waals surface area contributed by atoms with Gasteiger partial charge in [0.2, 0.25) is 11.8 Å². The van der Waals surface area contributed by atoms with Crippen molar-refractivity contribution in [1.82, 2.24) is 19.6 Å². The molecule has 0 radical (unpaired) electrons. The zero-order valence-corrected chi connectivity index (χ0v) is 20.9. The van der Waals surface area contributed by atoms with Crippen molar-refractivity contribution >= 4 is 29.3 Å². The Bertz CT molecular complexity index is 786. The molecule has 3 atom stereocenters. The third kappa shape index (κ3) is 6.60. The maximum absolute atomic E-state index is 12.9.